The van der Waals surface area contributed by atoms with Gasteiger partial charge in [-0.15, -0.1) is 11.3 Å². The van der Waals surface area contributed by atoms with Crippen LogP contribution in [0.25, 0.3) is 64.7 Å². The van der Waals surface area contributed by atoms with Crippen molar-refractivity contribution in [1.82, 2.24) is 0 Å². The van der Waals surface area contributed by atoms with Crippen molar-refractivity contribution in [2.24, 2.45) is 0 Å². The molecule has 2 heterocycles. The molecule has 8 rings (SSSR count). The fourth-order valence-corrected chi connectivity index (χ4v) is 6.79. The molecule has 0 N–H and O–H groups in total. The topological polar surface area (TPSA) is 9.23 Å². The van der Waals surface area contributed by atoms with Crippen molar-refractivity contribution < 1.29 is 4.74 Å². The maximum absolute atomic E-state index is 6.32. The second-order valence-corrected chi connectivity index (χ2v) is 10.8. The van der Waals surface area contributed by atoms with Crippen LogP contribution in [0.5, 0.6) is 11.5 Å². The standard InChI is InChI=1S/C36H22OS/c1-2-12-26-23(8-1)9-5-15-27(26)28-13-3-4-14-29(28)35-21-20-34(38-35)25-18-19-32-31(22-25)30-16-6-10-24-11-7-17-33(37-32)36(24)30/h1-22H. The Balaban J connectivity index is 1.23. The highest BCUT2D eigenvalue weighted by molar-refractivity contribution is 7.18. The van der Waals surface area contributed by atoms with E-state index in [1.165, 1.54) is 59.1 Å². The summed E-state index contributed by atoms with van der Waals surface area (Å²) in [6, 6.07) is 47.8. The molecule has 0 bridgehead atoms. The average Bonchev–Trinajstić information content (AvgIpc) is 3.47. The molecule has 0 amide bonds. The Labute approximate surface area is 225 Å². The Hall–Kier alpha value is -4.66. The molecule has 0 atom stereocenters. The lowest BCUT2D eigenvalue weighted by Gasteiger charge is -2.21. The molecule has 1 aliphatic heterocycles. The normalized spacial score (nSPS) is 11.9. The lowest BCUT2D eigenvalue weighted by Crippen LogP contribution is -1.97. The highest BCUT2D eigenvalue weighted by Gasteiger charge is 2.21. The van der Waals surface area contributed by atoms with Crippen LogP contribution < -0.4 is 4.74 Å². The van der Waals surface area contributed by atoms with Crippen molar-refractivity contribution in [3.05, 3.63) is 133 Å². The van der Waals surface area contributed by atoms with Crippen LogP contribution >= 0.6 is 11.3 Å². The smallest absolute Gasteiger partial charge is 0.135 e. The van der Waals surface area contributed by atoms with Crippen LogP contribution in [0.4, 0.5) is 0 Å². The molecule has 7 aromatic rings. The van der Waals surface area contributed by atoms with E-state index >= 15 is 0 Å². The molecule has 38 heavy (non-hydrogen) atoms. The molecule has 2 heteroatoms. The number of thiophene rings is 1. The molecule has 6 aromatic carbocycles. The second-order valence-electron chi connectivity index (χ2n) is 9.71. The summed E-state index contributed by atoms with van der Waals surface area (Å²) in [5.41, 5.74) is 7.39. The molecule has 1 aromatic heterocycles. The van der Waals surface area contributed by atoms with Gasteiger partial charge in [-0.1, -0.05) is 97.1 Å². The van der Waals surface area contributed by atoms with Gasteiger partial charge >= 0.3 is 0 Å². The van der Waals surface area contributed by atoms with E-state index in [2.05, 4.69) is 133 Å². The minimum absolute atomic E-state index is 0.915. The molecule has 178 valence electrons. The van der Waals surface area contributed by atoms with Gasteiger partial charge in [0.2, 0.25) is 0 Å². The first-order valence-electron chi connectivity index (χ1n) is 12.9. The van der Waals surface area contributed by atoms with E-state index in [-0.39, 0.29) is 0 Å². The molecule has 0 spiro atoms. The second kappa shape index (κ2) is 8.44. The van der Waals surface area contributed by atoms with E-state index in [1.54, 1.807) is 0 Å². The number of hydrogen-bond donors (Lipinski definition) is 0. The van der Waals surface area contributed by atoms with E-state index in [0.717, 1.165) is 17.1 Å². The van der Waals surface area contributed by atoms with Gasteiger partial charge in [0.15, 0.2) is 0 Å². The Morgan fingerprint density at radius 2 is 1.11 bits per heavy atom. The van der Waals surface area contributed by atoms with Gasteiger partial charge < -0.3 is 4.74 Å². The third-order valence-electron chi connectivity index (χ3n) is 7.52. The molecule has 1 aliphatic rings. The van der Waals surface area contributed by atoms with Gasteiger partial charge in [-0.3, -0.25) is 0 Å². The van der Waals surface area contributed by atoms with E-state index in [1.807, 2.05) is 11.3 Å². The van der Waals surface area contributed by atoms with Crippen molar-refractivity contribution in [3.63, 3.8) is 0 Å². The van der Waals surface area contributed by atoms with Gasteiger partial charge in [0.25, 0.3) is 0 Å². The van der Waals surface area contributed by atoms with Crippen LogP contribution in [-0.2, 0) is 0 Å². The molecule has 1 nitrogen and oxygen atoms in total. The summed E-state index contributed by atoms with van der Waals surface area (Å²) < 4.78 is 6.32. The number of fused-ring (bicyclic) bond motifs is 3. The fraction of sp³-hybridized carbons (Fsp3) is 0. The Bertz CT molecular complexity index is 2000. The average molecular weight is 503 g/mol. The third-order valence-corrected chi connectivity index (χ3v) is 8.69. The van der Waals surface area contributed by atoms with E-state index in [4.69, 9.17) is 4.74 Å². The fourth-order valence-electron chi connectivity index (χ4n) is 5.75. The maximum Gasteiger partial charge on any atom is 0.135 e. The van der Waals surface area contributed by atoms with Crippen molar-refractivity contribution >= 4 is 32.9 Å². The summed E-state index contributed by atoms with van der Waals surface area (Å²) >= 11 is 1.84. The van der Waals surface area contributed by atoms with Gasteiger partial charge in [0.05, 0.1) is 0 Å². The largest absolute Gasteiger partial charge is 0.456 e. The zero-order valence-electron chi connectivity index (χ0n) is 20.5. The Morgan fingerprint density at radius 3 is 2.03 bits per heavy atom. The van der Waals surface area contributed by atoms with Gasteiger partial charge in [-0.05, 0) is 80.4 Å². The maximum atomic E-state index is 6.32. The van der Waals surface area contributed by atoms with E-state index in [9.17, 15) is 0 Å². The van der Waals surface area contributed by atoms with Gasteiger partial charge in [-0.25, -0.2) is 0 Å². The minimum Gasteiger partial charge on any atom is -0.456 e. The van der Waals surface area contributed by atoms with Crippen molar-refractivity contribution in [3.8, 4) is 54.6 Å². The van der Waals surface area contributed by atoms with Crippen LogP contribution in [0.15, 0.2) is 133 Å². The first-order valence-corrected chi connectivity index (χ1v) is 13.7. The van der Waals surface area contributed by atoms with Crippen molar-refractivity contribution in [2.75, 3.05) is 0 Å². The van der Waals surface area contributed by atoms with Crippen LogP contribution in [0.3, 0.4) is 0 Å². The predicted molar refractivity (Wildman–Crippen MR) is 161 cm³/mol. The lowest BCUT2D eigenvalue weighted by atomic mass is 9.93. The number of rotatable bonds is 3. The first-order chi connectivity index (χ1) is 18.8. The third kappa shape index (κ3) is 3.31. The van der Waals surface area contributed by atoms with Gasteiger partial charge in [0, 0.05) is 20.7 Å². The molecule has 0 aliphatic carbocycles. The highest BCUT2D eigenvalue weighted by atomic mass is 32.1. The van der Waals surface area contributed by atoms with E-state index in [0.29, 0.717) is 0 Å². The first kappa shape index (κ1) is 21.4. The molecule has 0 fully saturated rings. The molecule has 0 saturated heterocycles. The zero-order valence-corrected chi connectivity index (χ0v) is 21.3. The summed E-state index contributed by atoms with van der Waals surface area (Å²) in [4.78, 5) is 2.52. The molecular weight excluding hydrogens is 480 g/mol. The highest BCUT2D eigenvalue weighted by Crippen LogP contribution is 2.48. The number of hydrogen-bond acceptors (Lipinski definition) is 2. The monoisotopic (exact) mass is 502 g/mol. The molecule has 0 radical (unpaired) electrons. The van der Waals surface area contributed by atoms with Crippen molar-refractivity contribution in [2.45, 2.75) is 0 Å². The Kier molecular flexibility index (Phi) is 4.76. The lowest BCUT2D eigenvalue weighted by molar-refractivity contribution is 0.487. The molecular formula is C36H22OS. The van der Waals surface area contributed by atoms with Gasteiger partial charge in [0.1, 0.15) is 11.5 Å². The van der Waals surface area contributed by atoms with E-state index < -0.39 is 0 Å². The van der Waals surface area contributed by atoms with Crippen LogP contribution in [0.2, 0.25) is 0 Å². The number of benzene rings is 6. The summed E-state index contributed by atoms with van der Waals surface area (Å²) in [6.07, 6.45) is 0. The summed E-state index contributed by atoms with van der Waals surface area (Å²) in [5.74, 6) is 1.85. The predicted octanol–water partition coefficient (Wildman–Crippen LogP) is 10.8. The van der Waals surface area contributed by atoms with Crippen LogP contribution in [0.1, 0.15) is 0 Å². The Morgan fingerprint density at radius 1 is 0.421 bits per heavy atom. The number of ether oxygens (including phenoxy) is 1. The quantitative estimate of drug-likeness (QED) is 0.233. The van der Waals surface area contributed by atoms with Crippen LogP contribution in [-0.4, -0.2) is 0 Å². The van der Waals surface area contributed by atoms with Crippen LogP contribution in [0, 0.1) is 0 Å². The summed E-state index contributed by atoms with van der Waals surface area (Å²) in [6.45, 7) is 0. The minimum atomic E-state index is 0.915. The van der Waals surface area contributed by atoms with Gasteiger partial charge in [-0.2, -0.15) is 0 Å². The summed E-state index contributed by atoms with van der Waals surface area (Å²) in [7, 11) is 0. The van der Waals surface area contributed by atoms with Crippen molar-refractivity contribution in [1.29, 1.82) is 0 Å². The SMILES string of the molecule is c1ccc(-c2cccc3ccccc23)c(-c2ccc(-c3ccc4c(c3)-c3cccc5cccc(c35)O4)s2)c1. The summed E-state index contributed by atoms with van der Waals surface area (Å²) in [5, 5.41) is 4.94. The molecule has 0 saturated carbocycles. The molecule has 0 unspecified atom stereocenters. The zero-order chi connectivity index (χ0) is 25.1.